The molecule has 116 valence electrons. The molecule has 0 saturated carbocycles. The van der Waals surface area contributed by atoms with Crippen molar-refractivity contribution in [3.63, 3.8) is 0 Å². The fraction of sp³-hybridized carbons (Fsp3) is 0.923. The first-order valence-corrected chi connectivity index (χ1v) is 9.08. The highest BCUT2D eigenvalue weighted by molar-refractivity contribution is 7.91. The Morgan fingerprint density at radius 1 is 1.40 bits per heavy atom. The van der Waals surface area contributed by atoms with Crippen LogP contribution in [-0.4, -0.2) is 62.2 Å². The Morgan fingerprint density at radius 2 is 2.15 bits per heavy atom. The van der Waals surface area contributed by atoms with Crippen molar-refractivity contribution < 1.29 is 17.9 Å². The fourth-order valence-electron chi connectivity index (χ4n) is 2.76. The molecule has 2 amide bonds. The molecule has 0 spiro atoms. The van der Waals surface area contributed by atoms with Crippen molar-refractivity contribution in [3.05, 3.63) is 0 Å². The lowest BCUT2D eigenvalue weighted by Gasteiger charge is -2.31. The average Bonchev–Trinajstić information content (AvgIpc) is 2.94. The maximum Gasteiger partial charge on any atom is 0.317 e. The minimum Gasteiger partial charge on any atom is -0.376 e. The standard InChI is InChI=1S/C13H24N2O4S/c1-10(2)14-13(16)15(8-12-4-3-6-19-12)11-5-7-20(17,18)9-11/h10-12H,3-9H2,1-2H3,(H,14,16)/t11-,12+/m1/s1. The maximum atomic E-state index is 12.3. The molecule has 2 heterocycles. The molecule has 20 heavy (non-hydrogen) atoms. The van der Waals surface area contributed by atoms with Gasteiger partial charge in [0.2, 0.25) is 0 Å². The van der Waals surface area contributed by atoms with Crippen LogP contribution in [0, 0.1) is 0 Å². The predicted octanol–water partition coefficient (Wildman–Crippen LogP) is 0.772. The normalized spacial score (nSPS) is 28.8. The summed E-state index contributed by atoms with van der Waals surface area (Å²) in [6.45, 7) is 5.01. The smallest absolute Gasteiger partial charge is 0.317 e. The Hall–Kier alpha value is -0.820. The molecule has 6 nitrogen and oxygen atoms in total. The lowest BCUT2D eigenvalue weighted by atomic mass is 10.1. The van der Waals surface area contributed by atoms with Crippen molar-refractivity contribution in [1.29, 1.82) is 0 Å². The summed E-state index contributed by atoms with van der Waals surface area (Å²) in [5.74, 6) is 0.250. The zero-order chi connectivity index (χ0) is 14.8. The maximum absolute atomic E-state index is 12.3. The van der Waals surface area contributed by atoms with Crippen molar-refractivity contribution in [2.45, 2.75) is 51.3 Å². The molecule has 2 rings (SSSR count). The summed E-state index contributed by atoms with van der Waals surface area (Å²) < 4.78 is 28.9. The first-order valence-electron chi connectivity index (χ1n) is 7.26. The molecule has 2 atom stereocenters. The molecule has 1 N–H and O–H groups in total. The van der Waals surface area contributed by atoms with Gasteiger partial charge in [-0.1, -0.05) is 0 Å². The molecule has 0 aliphatic carbocycles. The molecule has 2 fully saturated rings. The van der Waals surface area contributed by atoms with Crippen LogP contribution in [-0.2, 0) is 14.6 Å². The van der Waals surface area contributed by atoms with Crippen molar-refractivity contribution >= 4 is 15.9 Å². The van der Waals surface area contributed by atoms with E-state index in [9.17, 15) is 13.2 Å². The van der Waals surface area contributed by atoms with Crippen LogP contribution in [0.5, 0.6) is 0 Å². The molecule has 0 bridgehead atoms. The molecule has 7 heteroatoms. The molecule has 2 saturated heterocycles. The topological polar surface area (TPSA) is 75.7 Å². The van der Waals surface area contributed by atoms with Crippen LogP contribution in [0.15, 0.2) is 0 Å². The van der Waals surface area contributed by atoms with Gasteiger partial charge in [0, 0.05) is 25.2 Å². The molecule has 0 aromatic heterocycles. The second-order valence-electron chi connectivity index (χ2n) is 5.95. The number of amides is 2. The first kappa shape index (κ1) is 15.6. The van der Waals surface area contributed by atoms with E-state index >= 15 is 0 Å². The highest BCUT2D eigenvalue weighted by Crippen LogP contribution is 2.21. The molecule has 0 aromatic carbocycles. The zero-order valence-corrected chi connectivity index (χ0v) is 13.0. The molecule has 0 aromatic rings. The number of carbonyl (C=O) groups excluding carboxylic acids is 1. The van der Waals surface area contributed by atoms with Crippen LogP contribution in [0.4, 0.5) is 4.79 Å². The van der Waals surface area contributed by atoms with Crippen LogP contribution >= 0.6 is 0 Å². The van der Waals surface area contributed by atoms with Gasteiger partial charge in [-0.15, -0.1) is 0 Å². The summed E-state index contributed by atoms with van der Waals surface area (Å²) in [4.78, 5) is 14.0. The molecular formula is C13H24N2O4S. The van der Waals surface area contributed by atoms with Gasteiger partial charge in [-0.05, 0) is 33.1 Å². The summed E-state index contributed by atoms with van der Waals surface area (Å²) in [5.41, 5.74) is 0. The molecule has 0 radical (unpaired) electrons. The Labute approximate surface area is 120 Å². The van der Waals surface area contributed by atoms with E-state index in [4.69, 9.17) is 4.74 Å². The molecule has 2 aliphatic heterocycles. The lowest BCUT2D eigenvalue weighted by Crippen LogP contribution is -2.51. The third-order valence-electron chi connectivity index (χ3n) is 3.75. The quantitative estimate of drug-likeness (QED) is 0.832. The van der Waals surface area contributed by atoms with E-state index in [0.717, 1.165) is 19.4 Å². The number of hydrogen-bond donors (Lipinski definition) is 1. The fourth-order valence-corrected chi connectivity index (χ4v) is 4.49. The number of sulfone groups is 1. The largest absolute Gasteiger partial charge is 0.376 e. The van der Waals surface area contributed by atoms with E-state index in [-0.39, 0.29) is 35.7 Å². The van der Waals surface area contributed by atoms with Crippen LogP contribution in [0.25, 0.3) is 0 Å². The van der Waals surface area contributed by atoms with Crippen molar-refractivity contribution in [3.8, 4) is 0 Å². The van der Waals surface area contributed by atoms with E-state index in [1.807, 2.05) is 13.8 Å². The number of urea groups is 1. The molecular weight excluding hydrogens is 280 g/mol. The average molecular weight is 304 g/mol. The minimum atomic E-state index is -3.00. The van der Waals surface area contributed by atoms with Crippen molar-refractivity contribution in [2.75, 3.05) is 24.7 Å². The number of hydrogen-bond acceptors (Lipinski definition) is 4. The van der Waals surface area contributed by atoms with Gasteiger partial charge in [0.25, 0.3) is 0 Å². The summed E-state index contributed by atoms with van der Waals surface area (Å²) in [6, 6.07) is -0.368. The molecule has 0 unspecified atom stereocenters. The van der Waals surface area contributed by atoms with E-state index in [1.165, 1.54) is 0 Å². The van der Waals surface area contributed by atoms with Crippen LogP contribution in [0.2, 0.25) is 0 Å². The third kappa shape index (κ3) is 4.09. The van der Waals surface area contributed by atoms with Gasteiger partial charge in [-0.25, -0.2) is 13.2 Å². The van der Waals surface area contributed by atoms with Crippen molar-refractivity contribution in [1.82, 2.24) is 10.2 Å². The van der Waals surface area contributed by atoms with Gasteiger partial charge in [0.1, 0.15) is 0 Å². The van der Waals surface area contributed by atoms with Gasteiger partial charge in [-0.3, -0.25) is 0 Å². The first-order chi connectivity index (χ1) is 9.37. The third-order valence-corrected chi connectivity index (χ3v) is 5.50. The number of rotatable bonds is 4. The van der Waals surface area contributed by atoms with Gasteiger partial charge >= 0.3 is 6.03 Å². The van der Waals surface area contributed by atoms with E-state index in [0.29, 0.717) is 13.0 Å². The van der Waals surface area contributed by atoms with Gasteiger partial charge in [-0.2, -0.15) is 0 Å². The van der Waals surface area contributed by atoms with Crippen LogP contribution in [0.1, 0.15) is 33.1 Å². The van der Waals surface area contributed by atoms with Crippen LogP contribution < -0.4 is 5.32 Å². The van der Waals surface area contributed by atoms with E-state index < -0.39 is 9.84 Å². The summed E-state index contributed by atoms with van der Waals surface area (Å²) in [5, 5.41) is 2.86. The Bertz CT molecular complexity index is 443. The number of nitrogens with one attached hydrogen (secondary N) is 1. The Morgan fingerprint density at radius 3 is 2.65 bits per heavy atom. The predicted molar refractivity (Wildman–Crippen MR) is 76.4 cm³/mol. The highest BCUT2D eigenvalue weighted by Gasteiger charge is 2.36. The molecule has 2 aliphatic rings. The second-order valence-corrected chi connectivity index (χ2v) is 8.18. The Kier molecular flexibility index (Phi) is 4.90. The number of carbonyl (C=O) groups is 1. The summed E-state index contributed by atoms with van der Waals surface area (Å²) in [7, 11) is -3.00. The summed E-state index contributed by atoms with van der Waals surface area (Å²) >= 11 is 0. The lowest BCUT2D eigenvalue weighted by molar-refractivity contribution is 0.0718. The summed E-state index contributed by atoms with van der Waals surface area (Å²) in [6.07, 6.45) is 2.51. The SMILES string of the molecule is CC(C)NC(=O)N(C[C@@H]1CCCO1)[C@@H]1CCS(=O)(=O)C1. The van der Waals surface area contributed by atoms with Crippen LogP contribution in [0.3, 0.4) is 0 Å². The van der Waals surface area contributed by atoms with E-state index in [1.54, 1.807) is 4.90 Å². The number of nitrogens with zero attached hydrogens (tertiary/aromatic N) is 1. The van der Waals surface area contributed by atoms with Crippen molar-refractivity contribution in [2.24, 2.45) is 0 Å². The number of ether oxygens (including phenoxy) is 1. The monoisotopic (exact) mass is 304 g/mol. The van der Waals surface area contributed by atoms with Gasteiger partial charge in [0.15, 0.2) is 9.84 Å². The highest BCUT2D eigenvalue weighted by atomic mass is 32.2. The van der Waals surface area contributed by atoms with Gasteiger partial charge in [0.05, 0.1) is 17.6 Å². The second kappa shape index (κ2) is 6.30. The Balaban J connectivity index is 2.04. The van der Waals surface area contributed by atoms with E-state index in [2.05, 4.69) is 5.32 Å². The van der Waals surface area contributed by atoms with Gasteiger partial charge < -0.3 is 15.0 Å². The minimum absolute atomic E-state index is 0.0347. The zero-order valence-electron chi connectivity index (χ0n) is 12.2.